The lowest BCUT2D eigenvalue weighted by Crippen LogP contribution is -2.43. The molecule has 3 aromatic rings. The van der Waals surface area contributed by atoms with Gasteiger partial charge < -0.3 is 14.5 Å². The van der Waals surface area contributed by atoms with Crippen LogP contribution in [0.4, 0.5) is 0 Å². The van der Waals surface area contributed by atoms with Crippen LogP contribution in [-0.4, -0.2) is 52.1 Å². The molecule has 2 aromatic carbocycles. The highest BCUT2D eigenvalue weighted by molar-refractivity contribution is 9.10. The average Bonchev–Trinajstić information content (AvgIpc) is 3.33. The Balaban J connectivity index is 1.48. The highest BCUT2D eigenvalue weighted by Crippen LogP contribution is 2.26. The van der Waals surface area contributed by atoms with Gasteiger partial charge in [-0.3, -0.25) is 9.69 Å². The van der Waals surface area contributed by atoms with E-state index in [1.807, 2.05) is 24.3 Å². The lowest BCUT2D eigenvalue weighted by Gasteiger charge is -2.34. The van der Waals surface area contributed by atoms with Crippen molar-refractivity contribution in [3.8, 4) is 0 Å². The van der Waals surface area contributed by atoms with Gasteiger partial charge in [-0.25, -0.2) is 8.42 Å². The Labute approximate surface area is 205 Å². The molecular formula is C23H22BrClN2O5S. The molecule has 1 fully saturated rings. The number of ether oxygens (including phenoxy) is 1. The Morgan fingerprint density at radius 3 is 2.36 bits per heavy atom. The Morgan fingerprint density at radius 2 is 1.70 bits per heavy atom. The number of furan rings is 1. The molecule has 1 aromatic heterocycles. The van der Waals surface area contributed by atoms with E-state index < -0.39 is 15.7 Å². The van der Waals surface area contributed by atoms with E-state index in [2.05, 4.69) is 26.1 Å². The predicted molar refractivity (Wildman–Crippen MR) is 127 cm³/mol. The molecule has 1 N–H and O–H groups in total. The fourth-order valence-corrected chi connectivity index (χ4v) is 5.19. The Hall–Kier alpha value is -2.17. The van der Waals surface area contributed by atoms with Crippen molar-refractivity contribution in [2.45, 2.75) is 16.0 Å². The number of halogens is 2. The van der Waals surface area contributed by atoms with Crippen molar-refractivity contribution >= 4 is 43.3 Å². The third-order valence-corrected chi connectivity index (χ3v) is 7.81. The molecule has 0 unspecified atom stereocenters. The number of nitrogens with one attached hydrogen (secondary N) is 1. The van der Waals surface area contributed by atoms with Gasteiger partial charge in [-0.15, -0.1) is 0 Å². The van der Waals surface area contributed by atoms with Gasteiger partial charge in [0.05, 0.1) is 24.2 Å². The van der Waals surface area contributed by atoms with Crippen LogP contribution in [0.15, 0.2) is 79.5 Å². The molecule has 7 nitrogen and oxygen atoms in total. The monoisotopic (exact) mass is 552 g/mol. The van der Waals surface area contributed by atoms with Crippen molar-refractivity contribution < 1.29 is 22.4 Å². The van der Waals surface area contributed by atoms with Crippen LogP contribution in [0.3, 0.4) is 0 Å². The van der Waals surface area contributed by atoms with Crippen LogP contribution in [0.1, 0.15) is 22.2 Å². The van der Waals surface area contributed by atoms with Gasteiger partial charge >= 0.3 is 0 Å². The lowest BCUT2D eigenvalue weighted by molar-refractivity contribution is 0.0161. The largest absolute Gasteiger partial charge is 0.439 e. The van der Waals surface area contributed by atoms with E-state index in [1.165, 1.54) is 24.3 Å². The molecular weight excluding hydrogens is 532 g/mol. The van der Waals surface area contributed by atoms with Crippen LogP contribution < -0.4 is 5.32 Å². The molecule has 4 rings (SSSR count). The Morgan fingerprint density at radius 1 is 1.03 bits per heavy atom. The second-order valence-corrected chi connectivity index (χ2v) is 10.7. The number of carbonyl (C=O) groups is 1. The number of rotatable bonds is 7. The Kier molecular flexibility index (Phi) is 7.55. The summed E-state index contributed by atoms with van der Waals surface area (Å²) >= 11 is 9.31. The van der Waals surface area contributed by atoms with Gasteiger partial charge in [-0.05, 0) is 54.1 Å². The van der Waals surface area contributed by atoms with E-state index in [0.717, 1.165) is 23.1 Å². The van der Waals surface area contributed by atoms with Gasteiger partial charge in [0.1, 0.15) is 0 Å². The number of amides is 1. The van der Waals surface area contributed by atoms with Crippen LogP contribution in [0.25, 0.3) is 0 Å². The summed E-state index contributed by atoms with van der Waals surface area (Å²) in [5.74, 6) is -0.554. The van der Waals surface area contributed by atoms with Gasteiger partial charge in [0.25, 0.3) is 5.91 Å². The molecule has 33 heavy (non-hydrogen) atoms. The summed E-state index contributed by atoms with van der Waals surface area (Å²) in [7, 11) is -3.87. The van der Waals surface area contributed by atoms with E-state index in [4.69, 9.17) is 20.8 Å². The lowest BCUT2D eigenvalue weighted by atomic mass is 10.0. The highest BCUT2D eigenvalue weighted by atomic mass is 79.9. The number of benzene rings is 2. The molecule has 174 valence electrons. The number of sulfone groups is 1. The SMILES string of the molecule is O=C(NC[C@@H](c1ccc(Cl)cc1)N1CCOCC1)c1ccc(S(=O)(=O)c2ccc(Br)cc2)o1. The molecule has 1 atom stereocenters. The maximum Gasteiger partial charge on any atom is 0.287 e. The summed E-state index contributed by atoms with van der Waals surface area (Å²) in [5, 5.41) is 3.23. The summed E-state index contributed by atoms with van der Waals surface area (Å²) in [6, 6.07) is 16.3. The maximum atomic E-state index is 12.8. The minimum absolute atomic E-state index is 0.0671. The number of hydrogen-bond acceptors (Lipinski definition) is 6. The zero-order chi connectivity index (χ0) is 23.4. The summed E-state index contributed by atoms with van der Waals surface area (Å²) in [4.78, 5) is 15.1. The van der Waals surface area contributed by atoms with Crippen LogP contribution in [-0.2, 0) is 14.6 Å². The first kappa shape index (κ1) is 24.0. The average molecular weight is 554 g/mol. The molecule has 0 radical (unpaired) electrons. The molecule has 0 spiro atoms. The quantitative estimate of drug-likeness (QED) is 0.469. The maximum absolute atomic E-state index is 12.8. The molecule has 1 aliphatic heterocycles. The van der Waals surface area contributed by atoms with E-state index in [0.29, 0.717) is 24.8 Å². The molecule has 10 heteroatoms. The van der Waals surface area contributed by atoms with Gasteiger partial charge in [0.2, 0.25) is 14.9 Å². The predicted octanol–water partition coefficient (Wildman–Crippen LogP) is 4.33. The molecule has 0 aliphatic carbocycles. The van der Waals surface area contributed by atoms with Crippen LogP contribution in [0.5, 0.6) is 0 Å². The normalized spacial score (nSPS) is 15.8. The number of nitrogens with zero attached hydrogens (tertiary/aromatic N) is 1. The second kappa shape index (κ2) is 10.4. The topological polar surface area (TPSA) is 88.9 Å². The minimum Gasteiger partial charge on any atom is -0.439 e. The van der Waals surface area contributed by atoms with E-state index in [9.17, 15) is 13.2 Å². The standard InChI is InChI=1S/C23H22BrClN2O5S/c24-17-3-7-19(8-4-17)33(29,30)22-10-9-21(32-22)23(28)26-15-20(27-11-13-31-14-12-27)16-1-5-18(25)6-2-16/h1-10,20H,11-15H2,(H,26,28)/t20-/m0/s1. The van der Waals surface area contributed by atoms with Gasteiger partial charge in [-0.1, -0.05) is 39.7 Å². The van der Waals surface area contributed by atoms with Crippen LogP contribution >= 0.6 is 27.5 Å². The highest BCUT2D eigenvalue weighted by Gasteiger charge is 2.26. The third-order valence-electron chi connectivity index (χ3n) is 5.39. The van der Waals surface area contributed by atoms with Crippen molar-refractivity contribution in [3.05, 3.63) is 81.5 Å². The first-order valence-electron chi connectivity index (χ1n) is 10.3. The first-order valence-corrected chi connectivity index (χ1v) is 13.0. The smallest absolute Gasteiger partial charge is 0.287 e. The van der Waals surface area contributed by atoms with Crippen molar-refractivity contribution in [1.82, 2.24) is 10.2 Å². The van der Waals surface area contributed by atoms with Gasteiger partial charge in [0, 0.05) is 29.1 Å². The zero-order valence-electron chi connectivity index (χ0n) is 17.5. The fraction of sp³-hybridized carbons (Fsp3) is 0.261. The third kappa shape index (κ3) is 5.67. The number of hydrogen-bond donors (Lipinski definition) is 1. The molecule has 1 saturated heterocycles. The van der Waals surface area contributed by atoms with E-state index >= 15 is 0 Å². The van der Waals surface area contributed by atoms with Crippen molar-refractivity contribution in [1.29, 1.82) is 0 Å². The summed E-state index contributed by atoms with van der Waals surface area (Å²) < 4.78 is 37.2. The van der Waals surface area contributed by atoms with Crippen molar-refractivity contribution in [2.75, 3.05) is 32.8 Å². The summed E-state index contributed by atoms with van der Waals surface area (Å²) in [6.07, 6.45) is 0. The molecule has 1 aliphatic rings. The summed E-state index contributed by atoms with van der Waals surface area (Å²) in [5.41, 5.74) is 1.01. The van der Waals surface area contributed by atoms with Gasteiger partial charge in [-0.2, -0.15) is 0 Å². The van der Waals surface area contributed by atoms with Crippen LogP contribution in [0.2, 0.25) is 5.02 Å². The Bertz CT molecular complexity index is 1210. The van der Waals surface area contributed by atoms with E-state index in [1.54, 1.807) is 12.1 Å². The van der Waals surface area contributed by atoms with Crippen LogP contribution in [0, 0.1) is 0 Å². The molecule has 1 amide bonds. The fourth-order valence-electron chi connectivity index (χ4n) is 3.62. The number of morpholine rings is 1. The minimum atomic E-state index is -3.87. The van der Waals surface area contributed by atoms with E-state index in [-0.39, 0.29) is 21.8 Å². The van der Waals surface area contributed by atoms with Gasteiger partial charge in [0.15, 0.2) is 5.76 Å². The summed E-state index contributed by atoms with van der Waals surface area (Å²) in [6.45, 7) is 3.02. The molecule has 2 heterocycles. The zero-order valence-corrected chi connectivity index (χ0v) is 20.7. The van der Waals surface area contributed by atoms with Crippen molar-refractivity contribution in [3.63, 3.8) is 0 Å². The molecule has 0 bridgehead atoms. The number of carbonyl (C=O) groups excluding carboxylic acids is 1. The molecule has 0 saturated carbocycles. The first-order chi connectivity index (χ1) is 15.8. The van der Waals surface area contributed by atoms with Crippen molar-refractivity contribution in [2.24, 2.45) is 0 Å². The second-order valence-electron chi connectivity index (χ2n) is 7.50.